The summed E-state index contributed by atoms with van der Waals surface area (Å²) in [5, 5.41) is 32.9. The number of amides is 3. The molecule has 31 heavy (non-hydrogen) atoms. The van der Waals surface area contributed by atoms with Crippen molar-refractivity contribution >= 4 is 29.7 Å². The topological polar surface area (TPSA) is 199 Å². The van der Waals surface area contributed by atoms with E-state index in [0.29, 0.717) is 19.3 Å². The number of nitrogens with zero attached hydrogens (tertiary/aromatic N) is 1. The zero-order chi connectivity index (χ0) is 23.9. The summed E-state index contributed by atoms with van der Waals surface area (Å²) in [6, 6.07) is -4.93. The van der Waals surface area contributed by atoms with Crippen molar-refractivity contribution in [1.29, 1.82) is 0 Å². The SMILES string of the molecule is CCC(C)C(NC(=O)C1CCCN1C(=O)C(NC(=O)C(N)CC(=O)O)C(C)O)C(=O)O. The second kappa shape index (κ2) is 11.6. The molecule has 6 atom stereocenters. The maximum Gasteiger partial charge on any atom is 0.326 e. The molecule has 3 amide bonds. The fourth-order valence-corrected chi connectivity index (χ4v) is 3.34. The molecule has 0 radical (unpaired) electrons. The van der Waals surface area contributed by atoms with Gasteiger partial charge >= 0.3 is 11.9 Å². The molecule has 176 valence electrons. The Morgan fingerprint density at radius 1 is 1.10 bits per heavy atom. The minimum atomic E-state index is -1.44. The van der Waals surface area contributed by atoms with Crippen LogP contribution in [0, 0.1) is 5.92 Å². The van der Waals surface area contributed by atoms with Crippen LogP contribution in [0.4, 0.5) is 0 Å². The van der Waals surface area contributed by atoms with Gasteiger partial charge in [-0.2, -0.15) is 0 Å². The second-order valence-corrected chi connectivity index (χ2v) is 7.83. The quantitative estimate of drug-likeness (QED) is 0.214. The molecule has 1 fully saturated rings. The Morgan fingerprint density at radius 3 is 2.19 bits per heavy atom. The standard InChI is InChI=1S/C19H32N4O8/c1-4-9(2)14(19(30)31)21-17(28)12-6-5-7-23(12)18(29)15(10(3)24)22-16(27)11(20)8-13(25)26/h9-12,14-15,24H,4-8,20H2,1-3H3,(H,21,28)(H,22,27)(H,25,26)(H,30,31). The second-order valence-electron chi connectivity index (χ2n) is 7.83. The van der Waals surface area contributed by atoms with Gasteiger partial charge in [-0.25, -0.2) is 4.79 Å². The van der Waals surface area contributed by atoms with Gasteiger partial charge in [-0.1, -0.05) is 20.3 Å². The molecule has 0 aromatic heterocycles. The monoisotopic (exact) mass is 444 g/mol. The minimum Gasteiger partial charge on any atom is -0.481 e. The van der Waals surface area contributed by atoms with Crippen LogP contribution in [0.25, 0.3) is 0 Å². The van der Waals surface area contributed by atoms with E-state index >= 15 is 0 Å². The van der Waals surface area contributed by atoms with Crippen LogP contribution in [-0.2, 0) is 24.0 Å². The third-order valence-electron chi connectivity index (χ3n) is 5.39. The highest BCUT2D eigenvalue weighted by Crippen LogP contribution is 2.20. The molecule has 0 saturated carbocycles. The number of carbonyl (C=O) groups excluding carboxylic acids is 3. The Morgan fingerprint density at radius 2 is 1.71 bits per heavy atom. The van der Waals surface area contributed by atoms with E-state index in [1.165, 1.54) is 11.8 Å². The summed E-state index contributed by atoms with van der Waals surface area (Å²) in [6.45, 7) is 4.93. The van der Waals surface area contributed by atoms with Crippen LogP contribution in [0.2, 0.25) is 0 Å². The first-order valence-electron chi connectivity index (χ1n) is 10.2. The molecule has 1 saturated heterocycles. The van der Waals surface area contributed by atoms with Crippen molar-refractivity contribution in [2.24, 2.45) is 11.7 Å². The normalized spacial score (nSPS) is 20.8. The van der Waals surface area contributed by atoms with E-state index in [1.807, 2.05) is 0 Å². The molecule has 1 heterocycles. The third kappa shape index (κ3) is 7.17. The molecule has 12 heteroatoms. The molecule has 7 N–H and O–H groups in total. The lowest BCUT2D eigenvalue weighted by atomic mass is 9.98. The van der Waals surface area contributed by atoms with Crippen molar-refractivity contribution in [2.75, 3.05) is 6.54 Å². The van der Waals surface area contributed by atoms with Crippen LogP contribution in [0.1, 0.15) is 46.5 Å². The maximum atomic E-state index is 13.0. The van der Waals surface area contributed by atoms with Gasteiger partial charge in [-0.3, -0.25) is 19.2 Å². The highest BCUT2D eigenvalue weighted by molar-refractivity contribution is 5.95. The molecule has 1 aliphatic rings. The third-order valence-corrected chi connectivity index (χ3v) is 5.39. The smallest absolute Gasteiger partial charge is 0.326 e. The number of rotatable bonds is 11. The Balaban J connectivity index is 2.94. The van der Waals surface area contributed by atoms with Gasteiger partial charge in [-0.05, 0) is 25.7 Å². The first-order chi connectivity index (χ1) is 14.4. The number of carboxylic acid groups (broad SMARTS) is 2. The summed E-state index contributed by atoms with van der Waals surface area (Å²) in [4.78, 5) is 61.3. The number of hydrogen-bond donors (Lipinski definition) is 6. The predicted molar refractivity (Wildman–Crippen MR) is 108 cm³/mol. The van der Waals surface area contributed by atoms with Crippen molar-refractivity contribution in [3.05, 3.63) is 0 Å². The summed E-state index contributed by atoms with van der Waals surface area (Å²) in [5.74, 6) is -5.10. The minimum absolute atomic E-state index is 0.179. The van der Waals surface area contributed by atoms with Gasteiger partial charge in [0, 0.05) is 6.54 Å². The number of carboxylic acids is 2. The molecule has 0 bridgehead atoms. The summed E-state index contributed by atoms with van der Waals surface area (Å²) < 4.78 is 0. The Bertz CT molecular complexity index is 698. The molecular formula is C19H32N4O8. The molecule has 1 rings (SSSR count). The molecule has 0 aromatic carbocycles. The number of aliphatic carboxylic acids is 2. The van der Waals surface area contributed by atoms with E-state index in [0.717, 1.165) is 0 Å². The molecule has 6 unspecified atom stereocenters. The number of aliphatic hydroxyl groups is 1. The molecular weight excluding hydrogens is 412 g/mol. The first kappa shape index (κ1) is 26.3. The van der Waals surface area contributed by atoms with Crippen LogP contribution >= 0.6 is 0 Å². The van der Waals surface area contributed by atoms with E-state index in [-0.39, 0.29) is 12.5 Å². The first-order valence-corrected chi connectivity index (χ1v) is 10.2. The van der Waals surface area contributed by atoms with Crippen molar-refractivity contribution in [1.82, 2.24) is 15.5 Å². The van der Waals surface area contributed by atoms with Crippen molar-refractivity contribution in [2.45, 2.75) is 76.7 Å². The zero-order valence-corrected chi connectivity index (χ0v) is 17.9. The van der Waals surface area contributed by atoms with Crippen LogP contribution in [0.5, 0.6) is 0 Å². The Kier molecular flexibility index (Phi) is 9.85. The van der Waals surface area contributed by atoms with E-state index in [9.17, 15) is 34.2 Å². The van der Waals surface area contributed by atoms with Gasteiger partial charge in [0.2, 0.25) is 17.7 Å². The largest absolute Gasteiger partial charge is 0.481 e. The van der Waals surface area contributed by atoms with Gasteiger partial charge in [0.15, 0.2) is 0 Å². The molecule has 0 aliphatic carbocycles. The number of aliphatic hydroxyl groups excluding tert-OH is 1. The van der Waals surface area contributed by atoms with Crippen molar-refractivity contribution in [3.8, 4) is 0 Å². The number of likely N-dealkylation sites (tertiary alicyclic amines) is 1. The lowest BCUT2D eigenvalue weighted by molar-refractivity contribution is -0.147. The van der Waals surface area contributed by atoms with Crippen LogP contribution in [-0.4, -0.2) is 86.7 Å². The van der Waals surface area contributed by atoms with E-state index in [4.69, 9.17) is 10.8 Å². The lowest BCUT2D eigenvalue weighted by Crippen LogP contribution is -2.60. The average Bonchev–Trinajstić information content (AvgIpc) is 3.17. The molecule has 0 spiro atoms. The van der Waals surface area contributed by atoms with E-state index < -0.39 is 66.4 Å². The molecule has 0 aromatic rings. The van der Waals surface area contributed by atoms with Gasteiger partial charge in [0.05, 0.1) is 18.6 Å². The van der Waals surface area contributed by atoms with Gasteiger partial charge in [0.1, 0.15) is 18.1 Å². The Hall–Kier alpha value is -2.73. The summed E-state index contributed by atoms with van der Waals surface area (Å²) in [7, 11) is 0. The number of hydrogen-bond acceptors (Lipinski definition) is 7. The summed E-state index contributed by atoms with van der Waals surface area (Å²) >= 11 is 0. The molecule has 12 nitrogen and oxygen atoms in total. The number of nitrogens with two attached hydrogens (primary N) is 1. The summed E-state index contributed by atoms with van der Waals surface area (Å²) in [5.41, 5.74) is 5.50. The van der Waals surface area contributed by atoms with E-state index in [1.54, 1.807) is 13.8 Å². The van der Waals surface area contributed by atoms with Crippen LogP contribution in [0.3, 0.4) is 0 Å². The lowest BCUT2D eigenvalue weighted by Gasteiger charge is -2.31. The maximum absolute atomic E-state index is 13.0. The van der Waals surface area contributed by atoms with Crippen molar-refractivity contribution in [3.63, 3.8) is 0 Å². The van der Waals surface area contributed by atoms with Crippen LogP contribution < -0.4 is 16.4 Å². The predicted octanol–water partition coefficient (Wildman–Crippen LogP) is -1.74. The average molecular weight is 444 g/mol. The van der Waals surface area contributed by atoms with Crippen LogP contribution in [0.15, 0.2) is 0 Å². The fourth-order valence-electron chi connectivity index (χ4n) is 3.34. The highest BCUT2D eigenvalue weighted by atomic mass is 16.4. The summed E-state index contributed by atoms with van der Waals surface area (Å²) in [6.07, 6.45) is -0.706. The van der Waals surface area contributed by atoms with Gasteiger partial charge in [0.25, 0.3) is 0 Å². The zero-order valence-electron chi connectivity index (χ0n) is 17.9. The van der Waals surface area contributed by atoms with Gasteiger partial charge < -0.3 is 36.6 Å². The number of nitrogens with one attached hydrogen (secondary N) is 2. The van der Waals surface area contributed by atoms with Crippen molar-refractivity contribution < 1.29 is 39.3 Å². The number of carbonyl (C=O) groups is 5. The van der Waals surface area contributed by atoms with Gasteiger partial charge in [-0.15, -0.1) is 0 Å². The Labute approximate surface area is 180 Å². The highest BCUT2D eigenvalue weighted by Gasteiger charge is 2.41. The van der Waals surface area contributed by atoms with E-state index in [2.05, 4.69) is 10.6 Å². The fraction of sp³-hybridized carbons (Fsp3) is 0.737. The molecule has 1 aliphatic heterocycles.